The van der Waals surface area contributed by atoms with Gasteiger partial charge in [-0.3, -0.25) is 9.69 Å². The number of nitrogens with zero attached hydrogens (tertiary/aromatic N) is 2. The first kappa shape index (κ1) is 28.6. The molecule has 11 heteroatoms. The van der Waals surface area contributed by atoms with Crippen molar-refractivity contribution in [3.8, 4) is 0 Å². The molecule has 1 amide bonds. The van der Waals surface area contributed by atoms with E-state index in [1.807, 2.05) is 25.1 Å². The number of fused-ring (bicyclic) bond motifs is 2. The van der Waals surface area contributed by atoms with Crippen LogP contribution in [0.15, 0.2) is 41.4 Å². The summed E-state index contributed by atoms with van der Waals surface area (Å²) in [6, 6.07) is 10.1. The van der Waals surface area contributed by atoms with E-state index in [4.69, 9.17) is 4.74 Å². The molecule has 1 aromatic carbocycles. The predicted octanol–water partition coefficient (Wildman–Crippen LogP) is 7.28. The molecule has 2 aliphatic heterocycles. The fourth-order valence-electron chi connectivity index (χ4n) is 5.42. The summed E-state index contributed by atoms with van der Waals surface area (Å²) in [7, 11) is 0. The van der Waals surface area contributed by atoms with Crippen molar-refractivity contribution in [1.29, 1.82) is 0 Å². The van der Waals surface area contributed by atoms with Gasteiger partial charge in [0.1, 0.15) is 5.60 Å². The minimum absolute atomic E-state index is 0.0299. The Labute approximate surface area is 239 Å². The fourth-order valence-corrected chi connectivity index (χ4v) is 8.24. The highest BCUT2D eigenvalue weighted by Crippen LogP contribution is 2.48. The Morgan fingerprint density at radius 2 is 1.97 bits per heavy atom. The van der Waals surface area contributed by atoms with Gasteiger partial charge in [-0.25, -0.2) is 4.98 Å². The quantitative estimate of drug-likeness (QED) is 0.291. The molecular formula is C28H32F3N3O2S3. The number of rotatable bonds is 7. The maximum absolute atomic E-state index is 13.1. The molecular weight excluding hydrogens is 564 g/mol. The maximum atomic E-state index is 13.1. The monoisotopic (exact) mass is 595 g/mol. The van der Waals surface area contributed by atoms with Crippen molar-refractivity contribution in [1.82, 2.24) is 15.2 Å². The molecule has 5 rings (SSSR count). The first-order chi connectivity index (χ1) is 18.6. The van der Waals surface area contributed by atoms with Crippen LogP contribution in [0.1, 0.15) is 75.2 Å². The molecule has 1 saturated heterocycles. The van der Waals surface area contributed by atoms with Crippen molar-refractivity contribution in [3.05, 3.63) is 67.3 Å². The van der Waals surface area contributed by atoms with Gasteiger partial charge >= 0.3 is 6.18 Å². The number of thioether (sulfide) groups is 1. The van der Waals surface area contributed by atoms with Crippen LogP contribution in [0.5, 0.6) is 0 Å². The Bertz CT molecular complexity index is 1300. The van der Waals surface area contributed by atoms with Gasteiger partial charge in [-0.2, -0.15) is 13.2 Å². The number of hydrogen-bond donors (Lipinski definition) is 1. The second-order valence-electron chi connectivity index (χ2n) is 10.1. The number of likely N-dealkylation sites (tertiary alicyclic amines) is 1. The lowest BCUT2D eigenvalue weighted by atomic mass is 9.83. The number of carbonyl (C=O) groups is 1. The molecule has 2 aliphatic rings. The highest BCUT2D eigenvalue weighted by molar-refractivity contribution is 7.99. The van der Waals surface area contributed by atoms with Crippen LogP contribution in [0.2, 0.25) is 0 Å². The highest BCUT2D eigenvalue weighted by Gasteiger charge is 2.45. The van der Waals surface area contributed by atoms with Crippen molar-refractivity contribution in [3.63, 3.8) is 0 Å². The van der Waals surface area contributed by atoms with Gasteiger partial charge in [0.2, 0.25) is 0 Å². The lowest BCUT2D eigenvalue weighted by Crippen LogP contribution is -2.48. The molecule has 1 N–H and O–H groups in total. The largest absolute Gasteiger partial charge is 0.443 e. The first-order valence-corrected chi connectivity index (χ1v) is 15.8. The van der Waals surface area contributed by atoms with E-state index in [9.17, 15) is 18.0 Å². The molecule has 2 aromatic heterocycles. The summed E-state index contributed by atoms with van der Waals surface area (Å²) in [4.78, 5) is 22.5. The number of thiophene rings is 1. The zero-order chi connectivity index (χ0) is 27.8. The summed E-state index contributed by atoms with van der Waals surface area (Å²) in [5.74, 6) is 0.940. The van der Waals surface area contributed by atoms with Gasteiger partial charge in [0, 0.05) is 46.5 Å². The Balaban J connectivity index is 1.25. The zero-order valence-corrected chi connectivity index (χ0v) is 24.6. The molecule has 0 radical (unpaired) electrons. The molecule has 210 valence electrons. The molecule has 2 atom stereocenters. The minimum atomic E-state index is -4.42. The number of alkyl halides is 3. The van der Waals surface area contributed by atoms with Crippen molar-refractivity contribution in [2.75, 3.05) is 18.8 Å². The van der Waals surface area contributed by atoms with Gasteiger partial charge in [-0.05, 0) is 68.2 Å². The van der Waals surface area contributed by atoms with E-state index < -0.39 is 16.8 Å². The van der Waals surface area contributed by atoms with Crippen LogP contribution in [0, 0.1) is 0 Å². The SMILES string of the molecule is CCSc1ccc(CNC(=O)c2cc3c(s2)C2(CCN(C(C)c4cnc(C(F)(F)F)s4)CC2)O[C@H](C)C3)cc1. The summed E-state index contributed by atoms with van der Waals surface area (Å²) in [5, 5.41) is 2.26. The molecule has 39 heavy (non-hydrogen) atoms. The van der Waals surface area contributed by atoms with Gasteiger partial charge < -0.3 is 10.1 Å². The van der Waals surface area contributed by atoms with E-state index in [1.165, 1.54) is 28.0 Å². The molecule has 5 nitrogen and oxygen atoms in total. The standard InChI is InChI=1S/C28H32F3N3O2S3/c1-4-37-21-7-5-19(6-8-21)15-32-25(35)22-14-20-13-17(2)36-27(24(20)38-22)9-11-34(12-10-27)18(3)23-16-33-26(39-23)28(29,30)31/h5-8,14,16-18H,4,9-13,15H2,1-3H3,(H,32,35)/t17-,18?/m1/s1. The van der Waals surface area contributed by atoms with E-state index in [0.29, 0.717) is 29.4 Å². The van der Waals surface area contributed by atoms with E-state index in [1.54, 1.807) is 11.8 Å². The molecule has 4 heterocycles. The van der Waals surface area contributed by atoms with E-state index in [2.05, 4.69) is 41.2 Å². The number of nitrogens with one attached hydrogen (secondary N) is 1. The topological polar surface area (TPSA) is 54.5 Å². The van der Waals surface area contributed by atoms with E-state index >= 15 is 0 Å². The smallest absolute Gasteiger partial charge is 0.366 e. The Morgan fingerprint density at radius 3 is 2.62 bits per heavy atom. The third-order valence-corrected chi connectivity index (χ3v) is 10.9. The zero-order valence-electron chi connectivity index (χ0n) is 22.1. The summed E-state index contributed by atoms with van der Waals surface area (Å²) >= 11 is 4.02. The normalized spacial score (nSPS) is 20.1. The summed E-state index contributed by atoms with van der Waals surface area (Å²) in [6.07, 6.45) is -0.825. The van der Waals surface area contributed by atoms with Crippen LogP contribution >= 0.6 is 34.4 Å². The maximum Gasteiger partial charge on any atom is 0.443 e. The van der Waals surface area contributed by atoms with Gasteiger partial charge in [0.05, 0.1) is 11.0 Å². The molecule has 1 unspecified atom stereocenters. The molecule has 0 aliphatic carbocycles. The number of halogens is 3. The summed E-state index contributed by atoms with van der Waals surface area (Å²) < 4.78 is 45.7. The molecule has 0 saturated carbocycles. The number of benzene rings is 1. The number of amides is 1. The lowest BCUT2D eigenvalue weighted by molar-refractivity contribution is -0.137. The van der Waals surface area contributed by atoms with Crippen molar-refractivity contribution in [2.45, 2.75) is 75.4 Å². The second-order valence-corrected chi connectivity index (χ2v) is 13.6. The first-order valence-electron chi connectivity index (χ1n) is 13.2. The average Bonchev–Trinajstić information content (AvgIpc) is 3.57. The van der Waals surface area contributed by atoms with Crippen LogP contribution in [0.25, 0.3) is 0 Å². The van der Waals surface area contributed by atoms with Crippen LogP contribution in [0.3, 0.4) is 0 Å². The van der Waals surface area contributed by atoms with E-state index in [0.717, 1.165) is 46.8 Å². The Morgan fingerprint density at radius 1 is 1.26 bits per heavy atom. The summed E-state index contributed by atoms with van der Waals surface area (Å²) in [6.45, 7) is 7.98. The van der Waals surface area contributed by atoms with Crippen molar-refractivity contribution in [2.24, 2.45) is 0 Å². The number of ether oxygens (including phenoxy) is 1. The molecule has 1 spiro atoms. The van der Waals surface area contributed by atoms with Crippen molar-refractivity contribution >= 4 is 40.3 Å². The Hall–Kier alpha value is -1.92. The molecule has 3 aromatic rings. The van der Waals surface area contributed by atoms with E-state index in [-0.39, 0.29) is 18.1 Å². The number of aromatic nitrogens is 1. The lowest BCUT2D eigenvalue weighted by Gasteiger charge is -2.46. The average molecular weight is 596 g/mol. The van der Waals surface area contributed by atoms with Gasteiger partial charge in [0.15, 0.2) is 5.01 Å². The Kier molecular flexibility index (Phi) is 8.45. The van der Waals surface area contributed by atoms with Crippen LogP contribution in [0.4, 0.5) is 13.2 Å². The highest BCUT2D eigenvalue weighted by atomic mass is 32.2. The molecule has 0 bridgehead atoms. The summed E-state index contributed by atoms with van der Waals surface area (Å²) in [5.41, 5.74) is 1.76. The number of carbonyl (C=O) groups excluding carboxylic acids is 1. The van der Waals surface area contributed by atoms with Crippen LogP contribution < -0.4 is 5.32 Å². The molecule has 1 fully saturated rings. The van der Waals surface area contributed by atoms with Crippen molar-refractivity contribution < 1.29 is 22.7 Å². The second kappa shape index (κ2) is 11.5. The number of thiazole rings is 1. The van der Waals surface area contributed by atoms with Crippen LogP contribution in [-0.2, 0) is 29.5 Å². The number of piperidine rings is 1. The number of hydrogen-bond acceptors (Lipinski definition) is 7. The third-order valence-electron chi connectivity index (χ3n) is 7.40. The fraction of sp³-hybridized carbons (Fsp3) is 0.500. The van der Waals surface area contributed by atoms with Gasteiger partial charge in [-0.1, -0.05) is 19.1 Å². The predicted molar refractivity (Wildman–Crippen MR) is 151 cm³/mol. The third kappa shape index (κ3) is 6.22. The van der Waals surface area contributed by atoms with Gasteiger partial charge in [0.25, 0.3) is 5.91 Å². The van der Waals surface area contributed by atoms with Gasteiger partial charge in [-0.15, -0.1) is 34.4 Å². The van der Waals surface area contributed by atoms with Crippen LogP contribution in [-0.4, -0.2) is 40.7 Å². The minimum Gasteiger partial charge on any atom is -0.366 e.